The van der Waals surface area contributed by atoms with Gasteiger partial charge < -0.3 is 8.98 Å². The van der Waals surface area contributed by atoms with Gasteiger partial charge in [0.1, 0.15) is 11.4 Å². The van der Waals surface area contributed by atoms with Crippen LogP contribution in [0, 0.1) is 0 Å². The number of benzene rings is 5. The maximum Gasteiger partial charge on any atom is 0.152 e. The molecule has 9 rings (SSSR count). The van der Waals surface area contributed by atoms with Gasteiger partial charge in [-0.2, -0.15) is 5.10 Å². The Kier molecular flexibility index (Phi) is 5.16. The highest BCUT2D eigenvalue weighted by Crippen LogP contribution is 2.44. The largest absolute Gasteiger partial charge is 0.463 e. The van der Waals surface area contributed by atoms with Crippen molar-refractivity contribution in [3.63, 3.8) is 0 Å². The quantitative estimate of drug-likeness (QED) is 0.218. The van der Waals surface area contributed by atoms with E-state index in [9.17, 15) is 0 Å². The average molecular weight is 552 g/mol. The number of hydrogen-bond acceptors (Lipinski definition) is 2. The van der Waals surface area contributed by atoms with Crippen LogP contribution in [-0.4, -0.2) is 14.2 Å². The molecule has 4 heteroatoms. The van der Waals surface area contributed by atoms with E-state index in [0.717, 1.165) is 61.5 Å². The Bertz CT molecular complexity index is 2440. The van der Waals surface area contributed by atoms with Crippen LogP contribution in [0.15, 0.2) is 156 Å². The summed E-state index contributed by atoms with van der Waals surface area (Å²) in [6, 6.07) is 51.2. The fourth-order valence-corrected chi connectivity index (χ4v) is 6.55. The molecule has 0 saturated carbocycles. The normalized spacial score (nSPS) is 11.7. The molecule has 0 aliphatic rings. The molecule has 0 N–H and O–H groups in total. The van der Waals surface area contributed by atoms with Gasteiger partial charge in [0.15, 0.2) is 5.76 Å². The number of fused-ring (bicyclic) bond motifs is 5. The minimum absolute atomic E-state index is 0.776. The zero-order chi connectivity index (χ0) is 28.3. The first-order chi connectivity index (χ1) is 21.3. The minimum atomic E-state index is 0.776. The van der Waals surface area contributed by atoms with E-state index in [4.69, 9.17) is 9.52 Å². The number of aromatic nitrogens is 3. The van der Waals surface area contributed by atoms with Crippen molar-refractivity contribution < 1.29 is 4.42 Å². The number of furan rings is 1. The molecule has 202 valence electrons. The molecule has 0 spiro atoms. The standard InChI is InChI=1S/C39H25N3O/c1-2-16-29(17-3-1)41-33-21-9-6-14-28(33)25-35(41)38-37(32-20-10-15-26-12-4-7-18-30(26)32)39-31-19-8-5-13-27(31)24-34(42(39)40-38)36-22-11-23-43-36/h1-25H. The van der Waals surface area contributed by atoms with Gasteiger partial charge in [0, 0.05) is 22.0 Å². The molecular formula is C39H25N3O. The van der Waals surface area contributed by atoms with Crippen LogP contribution in [0.5, 0.6) is 0 Å². The minimum Gasteiger partial charge on any atom is -0.463 e. The van der Waals surface area contributed by atoms with Crippen molar-refractivity contribution in [2.45, 2.75) is 0 Å². The molecule has 0 radical (unpaired) electrons. The van der Waals surface area contributed by atoms with Gasteiger partial charge in [0.05, 0.1) is 23.0 Å². The molecule has 0 fully saturated rings. The summed E-state index contributed by atoms with van der Waals surface area (Å²) in [5.74, 6) is 0.776. The van der Waals surface area contributed by atoms with Gasteiger partial charge in [0.2, 0.25) is 0 Å². The summed E-state index contributed by atoms with van der Waals surface area (Å²) < 4.78 is 10.4. The summed E-state index contributed by atoms with van der Waals surface area (Å²) in [5.41, 5.74) is 8.40. The highest BCUT2D eigenvalue weighted by molar-refractivity contribution is 6.13. The molecule has 0 aliphatic carbocycles. The molecule has 4 aromatic heterocycles. The van der Waals surface area contributed by atoms with Crippen LogP contribution < -0.4 is 0 Å². The Labute approximate surface area is 247 Å². The lowest BCUT2D eigenvalue weighted by Gasteiger charge is -2.13. The smallest absolute Gasteiger partial charge is 0.152 e. The molecule has 9 aromatic rings. The molecule has 0 bridgehead atoms. The van der Waals surface area contributed by atoms with Crippen LogP contribution in [0.25, 0.3) is 77.6 Å². The lowest BCUT2D eigenvalue weighted by molar-refractivity contribution is 0.578. The van der Waals surface area contributed by atoms with Gasteiger partial charge in [-0.25, -0.2) is 4.52 Å². The lowest BCUT2D eigenvalue weighted by Crippen LogP contribution is -1.98. The van der Waals surface area contributed by atoms with Gasteiger partial charge in [0.25, 0.3) is 0 Å². The predicted octanol–water partition coefficient (Wildman–Crippen LogP) is 10.2. The van der Waals surface area contributed by atoms with Crippen molar-refractivity contribution in [3.8, 4) is 39.7 Å². The van der Waals surface area contributed by atoms with E-state index in [-0.39, 0.29) is 0 Å². The van der Waals surface area contributed by atoms with E-state index in [1.807, 2.05) is 12.1 Å². The number of para-hydroxylation sites is 2. The van der Waals surface area contributed by atoms with Crippen LogP contribution in [0.1, 0.15) is 0 Å². The molecule has 0 aliphatic heterocycles. The lowest BCUT2D eigenvalue weighted by atomic mass is 9.94. The van der Waals surface area contributed by atoms with Crippen molar-refractivity contribution >= 4 is 38.0 Å². The first-order valence-electron chi connectivity index (χ1n) is 14.5. The number of nitrogens with zero attached hydrogens (tertiary/aromatic N) is 3. The van der Waals surface area contributed by atoms with E-state index >= 15 is 0 Å². The molecule has 4 heterocycles. The molecule has 0 amide bonds. The Morgan fingerprint density at radius 3 is 2.07 bits per heavy atom. The monoisotopic (exact) mass is 551 g/mol. The van der Waals surface area contributed by atoms with E-state index in [1.165, 1.54) is 16.2 Å². The van der Waals surface area contributed by atoms with Gasteiger partial charge >= 0.3 is 0 Å². The van der Waals surface area contributed by atoms with E-state index in [0.29, 0.717) is 0 Å². The van der Waals surface area contributed by atoms with Crippen LogP contribution in [-0.2, 0) is 0 Å². The van der Waals surface area contributed by atoms with Crippen molar-refractivity contribution in [2.75, 3.05) is 0 Å². The van der Waals surface area contributed by atoms with Crippen molar-refractivity contribution in [3.05, 3.63) is 152 Å². The predicted molar refractivity (Wildman–Crippen MR) is 176 cm³/mol. The van der Waals surface area contributed by atoms with Gasteiger partial charge in [-0.05, 0) is 64.2 Å². The summed E-state index contributed by atoms with van der Waals surface area (Å²) >= 11 is 0. The second-order valence-corrected chi connectivity index (χ2v) is 10.9. The van der Waals surface area contributed by atoms with Crippen LogP contribution in [0.4, 0.5) is 0 Å². The van der Waals surface area contributed by atoms with Gasteiger partial charge in [-0.3, -0.25) is 0 Å². The zero-order valence-corrected chi connectivity index (χ0v) is 23.2. The van der Waals surface area contributed by atoms with Crippen LogP contribution in [0.3, 0.4) is 0 Å². The van der Waals surface area contributed by atoms with E-state index in [1.54, 1.807) is 6.26 Å². The van der Waals surface area contributed by atoms with Gasteiger partial charge in [-0.15, -0.1) is 0 Å². The maximum absolute atomic E-state index is 5.98. The van der Waals surface area contributed by atoms with E-state index < -0.39 is 0 Å². The first-order valence-corrected chi connectivity index (χ1v) is 14.5. The van der Waals surface area contributed by atoms with Crippen molar-refractivity contribution in [1.29, 1.82) is 0 Å². The molecule has 4 nitrogen and oxygen atoms in total. The Morgan fingerprint density at radius 1 is 0.535 bits per heavy atom. The number of hydrogen-bond donors (Lipinski definition) is 0. The summed E-state index contributed by atoms with van der Waals surface area (Å²) in [5, 5.41) is 11.3. The topological polar surface area (TPSA) is 35.4 Å². The number of rotatable bonds is 4. The summed E-state index contributed by atoms with van der Waals surface area (Å²) in [6.07, 6.45) is 1.72. The second-order valence-electron chi connectivity index (χ2n) is 10.9. The average Bonchev–Trinajstić information content (AvgIpc) is 3.82. The van der Waals surface area contributed by atoms with Crippen LogP contribution in [0.2, 0.25) is 0 Å². The Morgan fingerprint density at radius 2 is 1.23 bits per heavy atom. The maximum atomic E-state index is 5.98. The Balaban J connectivity index is 1.51. The molecular weight excluding hydrogens is 526 g/mol. The van der Waals surface area contributed by atoms with Crippen LogP contribution >= 0.6 is 0 Å². The SMILES string of the molecule is c1ccc(-n2c(-c3nn4c(-c5ccco5)cc5ccccc5c4c3-c3cccc4ccccc34)cc3ccccc32)cc1. The molecule has 43 heavy (non-hydrogen) atoms. The summed E-state index contributed by atoms with van der Waals surface area (Å²) in [6.45, 7) is 0. The van der Waals surface area contributed by atoms with Gasteiger partial charge in [-0.1, -0.05) is 103 Å². The molecule has 5 aromatic carbocycles. The number of pyridine rings is 1. The third kappa shape index (κ3) is 3.60. The molecule has 0 saturated heterocycles. The third-order valence-electron chi connectivity index (χ3n) is 8.42. The fraction of sp³-hybridized carbons (Fsp3) is 0. The zero-order valence-electron chi connectivity index (χ0n) is 23.2. The highest BCUT2D eigenvalue weighted by Gasteiger charge is 2.26. The van der Waals surface area contributed by atoms with Crippen molar-refractivity contribution in [2.24, 2.45) is 0 Å². The summed E-state index contributed by atoms with van der Waals surface area (Å²) in [7, 11) is 0. The first kappa shape index (κ1) is 23.8. The third-order valence-corrected chi connectivity index (χ3v) is 8.42. The molecule has 0 unspecified atom stereocenters. The highest BCUT2D eigenvalue weighted by atomic mass is 16.3. The molecule has 0 atom stereocenters. The Hall–Kier alpha value is -5.87. The second kappa shape index (κ2) is 9.33. The summed E-state index contributed by atoms with van der Waals surface area (Å²) in [4.78, 5) is 0. The van der Waals surface area contributed by atoms with E-state index in [2.05, 4.69) is 143 Å². The van der Waals surface area contributed by atoms with Crippen molar-refractivity contribution in [1.82, 2.24) is 14.2 Å². The fourth-order valence-electron chi connectivity index (χ4n) is 6.55.